The Balaban J connectivity index is 1.44. The predicted molar refractivity (Wildman–Crippen MR) is 116 cm³/mol. The van der Waals surface area contributed by atoms with Crippen LogP contribution in [0.3, 0.4) is 0 Å². The second kappa shape index (κ2) is 10.4. The number of ether oxygens (including phenoxy) is 1. The molecule has 1 aliphatic heterocycles. The van der Waals surface area contributed by atoms with Gasteiger partial charge in [0.2, 0.25) is 5.91 Å². The number of nitrogens with zero attached hydrogens (tertiary/aromatic N) is 1. The lowest BCUT2D eigenvalue weighted by atomic mass is 9.96. The smallest absolute Gasteiger partial charge is 0.243 e. The SMILES string of the molecule is CCOc1ccc(/C=N\NC(=O)C2CC[NH+](Cc3ccc(Br)cc3)CC2)cc1O. The number of nitrogens with one attached hydrogen (secondary N) is 2. The van der Waals surface area contributed by atoms with E-state index in [1.807, 2.05) is 6.92 Å². The Morgan fingerprint density at radius 1 is 1.28 bits per heavy atom. The molecule has 1 saturated heterocycles. The fourth-order valence-corrected chi connectivity index (χ4v) is 3.77. The molecule has 0 aromatic heterocycles. The summed E-state index contributed by atoms with van der Waals surface area (Å²) < 4.78 is 6.39. The molecule has 0 bridgehead atoms. The lowest BCUT2D eigenvalue weighted by Crippen LogP contribution is -3.11. The normalized spacial score (nSPS) is 19.2. The summed E-state index contributed by atoms with van der Waals surface area (Å²) in [6, 6.07) is 13.4. The van der Waals surface area contributed by atoms with E-state index in [4.69, 9.17) is 4.74 Å². The van der Waals surface area contributed by atoms with Gasteiger partial charge in [-0.2, -0.15) is 5.10 Å². The van der Waals surface area contributed by atoms with Crippen LogP contribution < -0.4 is 15.1 Å². The van der Waals surface area contributed by atoms with Gasteiger partial charge in [0.25, 0.3) is 0 Å². The van der Waals surface area contributed by atoms with Crippen molar-refractivity contribution in [2.75, 3.05) is 19.7 Å². The Hall–Kier alpha value is -2.38. The van der Waals surface area contributed by atoms with Crippen molar-refractivity contribution in [1.82, 2.24) is 5.43 Å². The molecule has 1 aliphatic rings. The first kappa shape index (κ1) is 21.3. The van der Waals surface area contributed by atoms with Gasteiger partial charge in [-0.25, -0.2) is 5.43 Å². The zero-order valence-corrected chi connectivity index (χ0v) is 18.1. The van der Waals surface area contributed by atoms with Crippen molar-refractivity contribution in [3.8, 4) is 11.5 Å². The predicted octanol–water partition coefficient (Wildman–Crippen LogP) is 2.50. The number of benzene rings is 2. The van der Waals surface area contributed by atoms with E-state index < -0.39 is 0 Å². The maximum Gasteiger partial charge on any atom is 0.243 e. The minimum absolute atomic E-state index is 0.00505. The minimum Gasteiger partial charge on any atom is -0.504 e. The summed E-state index contributed by atoms with van der Waals surface area (Å²) in [4.78, 5) is 13.9. The molecule has 0 aliphatic carbocycles. The number of carbonyl (C=O) groups excluding carboxylic acids is 1. The Morgan fingerprint density at radius 2 is 2.00 bits per heavy atom. The number of phenolic OH excluding ortho intramolecular Hbond substituents is 1. The van der Waals surface area contributed by atoms with E-state index in [-0.39, 0.29) is 17.6 Å². The summed E-state index contributed by atoms with van der Waals surface area (Å²) >= 11 is 3.46. The van der Waals surface area contributed by atoms with E-state index in [0.717, 1.165) is 36.9 Å². The first-order valence-electron chi connectivity index (χ1n) is 9.92. The van der Waals surface area contributed by atoms with Gasteiger partial charge in [0.1, 0.15) is 6.54 Å². The number of hydrogen-bond acceptors (Lipinski definition) is 4. The van der Waals surface area contributed by atoms with E-state index >= 15 is 0 Å². The maximum atomic E-state index is 12.4. The van der Waals surface area contributed by atoms with Gasteiger partial charge in [-0.05, 0) is 42.8 Å². The fourth-order valence-electron chi connectivity index (χ4n) is 3.51. The lowest BCUT2D eigenvalue weighted by molar-refractivity contribution is -0.919. The highest BCUT2D eigenvalue weighted by Crippen LogP contribution is 2.26. The lowest BCUT2D eigenvalue weighted by Gasteiger charge is -2.28. The molecule has 3 N–H and O–H groups in total. The number of rotatable bonds is 7. The second-order valence-electron chi connectivity index (χ2n) is 7.22. The van der Waals surface area contributed by atoms with E-state index in [0.29, 0.717) is 17.9 Å². The third-order valence-corrected chi connectivity index (χ3v) is 5.63. The standard InChI is InChI=1S/C22H26BrN3O3/c1-2-29-21-8-5-17(13-20(21)27)14-24-25-22(28)18-9-11-26(12-10-18)15-16-3-6-19(23)7-4-16/h3-8,13-14,18,27H,2,9-12,15H2,1H3,(H,25,28)/p+1/b24-14-. The van der Waals surface area contributed by atoms with Crippen LogP contribution in [-0.2, 0) is 11.3 Å². The number of piperidine rings is 1. The number of halogens is 1. The third-order valence-electron chi connectivity index (χ3n) is 5.10. The van der Waals surface area contributed by atoms with Gasteiger partial charge in [-0.3, -0.25) is 4.79 Å². The first-order valence-corrected chi connectivity index (χ1v) is 10.7. The average molecular weight is 461 g/mol. The summed E-state index contributed by atoms with van der Waals surface area (Å²) in [5, 5.41) is 13.9. The zero-order chi connectivity index (χ0) is 20.6. The molecule has 154 valence electrons. The van der Waals surface area contributed by atoms with Crippen molar-refractivity contribution in [2.45, 2.75) is 26.3 Å². The van der Waals surface area contributed by atoms with Crippen LogP contribution in [0.5, 0.6) is 11.5 Å². The Morgan fingerprint density at radius 3 is 2.66 bits per heavy atom. The number of likely N-dealkylation sites (tertiary alicyclic amines) is 1. The zero-order valence-electron chi connectivity index (χ0n) is 16.5. The molecule has 6 nitrogen and oxygen atoms in total. The molecule has 1 amide bonds. The summed E-state index contributed by atoms with van der Waals surface area (Å²) in [6.45, 7) is 5.29. The molecule has 0 atom stereocenters. The number of quaternary nitrogens is 1. The average Bonchev–Trinajstić information content (AvgIpc) is 2.72. The van der Waals surface area contributed by atoms with Gasteiger partial charge in [0, 0.05) is 22.9 Å². The van der Waals surface area contributed by atoms with E-state index in [1.165, 1.54) is 16.7 Å². The Labute approximate surface area is 179 Å². The number of aromatic hydroxyl groups is 1. The molecule has 0 spiro atoms. The summed E-state index contributed by atoms with van der Waals surface area (Å²) in [5.74, 6) is 0.447. The summed E-state index contributed by atoms with van der Waals surface area (Å²) in [5.41, 5.74) is 4.64. The number of hydrogen-bond donors (Lipinski definition) is 3. The molecule has 2 aromatic carbocycles. The monoisotopic (exact) mass is 460 g/mol. The molecule has 0 unspecified atom stereocenters. The van der Waals surface area contributed by atoms with E-state index in [9.17, 15) is 9.90 Å². The van der Waals surface area contributed by atoms with Crippen molar-refractivity contribution < 1.29 is 19.5 Å². The maximum absolute atomic E-state index is 12.4. The Kier molecular flexibility index (Phi) is 7.66. The highest BCUT2D eigenvalue weighted by atomic mass is 79.9. The highest BCUT2D eigenvalue weighted by molar-refractivity contribution is 9.10. The molecule has 29 heavy (non-hydrogen) atoms. The van der Waals surface area contributed by atoms with Crippen LogP contribution in [0, 0.1) is 5.92 Å². The van der Waals surface area contributed by atoms with Crippen LogP contribution in [0.25, 0.3) is 0 Å². The largest absolute Gasteiger partial charge is 0.504 e. The van der Waals surface area contributed by atoms with Crippen molar-refractivity contribution in [3.05, 3.63) is 58.1 Å². The van der Waals surface area contributed by atoms with Crippen LogP contribution in [0.2, 0.25) is 0 Å². The second-order valence-corrected chi connectivity index (χ2v) is 8.14. The molecule has 3 rings (SSSR count). The molecule has 2 aromatic rings. The van der Waals surface area contributed by atoms with Gasteiger partial charge < -0.3 is 14.7 Å². The summed E-state index contributed by atoms with van der Waals surface area (Å²) in [6.07, 6.45) is 3.25. The van der Waals surface area contributed by atoms with Crippen molar-refractivity contribution in [2.24, 2.45) is 11.0 Å². The molecule has 0 radical (unpaired) electrons. The fraction of sp³-hybridized carbons (Fsp3) is 0.364. The molecular weight excluding hydrogens is 434 g/mol. The number of phenols is 1. The minimum atomic E-state index is -0.0425. The van der Waals surface area contributed by atoms with Crippen LogP contribution in [0.4, 0.5) is 0 Å². The van der Waals surface area contributed by atoms with Crippen LogP contribution in [0.1, 0.15) is 30.9 Å². The van der Waals surface area contributed by atoms with E-state index in [2.05, 4.69) is 50.7 Å². The van der Waals surface area contributed by atoms with Crippen molar-refractivity contribution in [3.63, 3.8) is 0 Å². The van der Waals surface area contributed by atoms with Gasteiger partial charge in [-0.15, -0.1) is 0 Å². The molecule has 7 heteroatoms. The first-order chi connectivity index (χ1) is 14.0. The molecule has 0 saturated carbocycles. The number of hydrazone groups is 1. The Bertz CT molecular complexity index is 847. The molecule has 1 fully saturated rings. The number of amides is 1. The topological polar surface area (TPSA) is 75.4 Å². The van der Waals surface area contributed by atoms with Crippen LogP contribution >= 0.6 is 15.9 Å². The van der Waals surface area contributed by atoms with Gasteiger partial charge in [0.05, 0.1) is 31.8 Å². The van der Waals surface area contributed by atoms with Crippen molar-refractivity contribution >= 4 is 28.1 Å². The van der Waals surface area contributed by atoms with E-state index in [1.54, 1.807) is 18.2 Å². The van der Waals surface area contributed by atoms with Gasteiger partial charge in [0.15, 0.2) is 11.5 Å². The molecular formula is C22H27BrN3O3+. The number of carbonyl (C=O) groups is 1. The summed E-state index contributed by atoms with van der Waals surface area (Å²) in [7, 11) is 0. The van der Waals surface area contributed by atoms with Gasteiger partial charge in [-0.1, -0.05) is 28.1 Å². The van der Waals surface area contributed by atoms with Crippen LogP contribution in [-0.4, -0.2) is 36.9 Å². The van der Waals surface area contributed by atoms with Gasteiger partial charge >= 0.3 is 0 Å². The highest BCUT2D eigenvalue weighted by Gasteiger charge is 2.27. The molecule has 1 heterocycles. The quantitative estimate of drug-likeness (QED) is 0.438. The van der Waals surface area contributed by atoms with Crippen molar-refractivity contribution in [1.29, 1.82) is 0 Å². The van der Waals surface area contributed by atoms with Crippen LogP contribution in [0.15, 0.2) is 52.0 Å². The third kappa shape index (κ3) is 6.30.